The molecule has 2 heterocycles. The second-order valence-corrected chi connectivity index (χ2v) is 6.77. The molecule has 130 valence electrons. The van der Waals surface area contributed by atoms with Gasteiger partial charge in [-0.3, -0.25) is 9.78 Å². The van der Waals surface area contributed by atoms with Crippen LogP contribution >= 0.6 is 11.8 Å². The van der Waals surface area contributed by atoms with Gasteiger partial charge in [0.1, 0.15) is 11.5 Å². The van der Waals surface area contributed by atoms with Gasteiger partial charge < -0.3 is 14.8 Å². The number of benzene rings is 1. The molecular weight excluding hydrogens is 336 g/mol. The third kappa shape index (κ3) is 4.14. The number of nitrogens with one attached hydrogen (secondary N) is 1. The van der Waals surface area contributed by atoms with E-state index in [-0.39, 0.29) is 11.2 Å². The van der Waals surface area contributed by atoms with Crippen LogP contribution in [0.3, 0.4) is 0 Å². The quantitative estimate of drug-likeness (QED) is 0.859. The van der Waals surface area contributed by atoms with Crippen LogP contribution in [0, 0.1) is 0 Å². The smallest absolute Gasteiger partial charge is 0.257 e. The lowest BCUT2D eigenvalue weighted by atomic mass is 10.2. The number of aromatic nitrogens is 1. The van der Waals surface area contributed by atoms with Crippen LogP contribution in [0.1, 0.15) is 22.9 Å². The Balaban J connectivity index is 1.59. The third-order valence-corrected chi connectivity index (χ3v) is 5.29. The molecule has 1 atom stereocenters. The van der Waals surface area contributed by atoms with Crippen molar-refractivity contribution in [2.45, 2.75) is 18.2 Å². The average molecular weight is 356 g/mol. The number of rotatable bonds is 6. The summed E-state index contributed by atoms with van der Waals surface area (Å²) in [6.45, 7) is 0.401. The first-order valence-corrected chi connectivity index (χ1v) is 8.86. The zero-order chi connectivity index (χ0) is 17.6. The second kappa shape index (κ2) is 8.07. The molecular formula is C19H20N2O3S. The first-order valence-electron chi connectivity index (χ1n) is 7.98. The normalized spacial score (nSPS) is 16.2. The van der Waals surface area contributed by atoms with Crippen LogP contribution < -0.4 is 14.8 Å². The average Bonchev–Trinajstić information content (AvgIpc) is 3.17. The van der Waals surface area contributed by atoms with Crippen molar-refractivity contribution in [3.8, 4) is 11.5 Å². The van der Waals surface area contributed by atoms with Crippen LogP contribution in [0.2, 0.25) is 0 Å². The van der Waals surface area contributed by atoms with E-state index in [1.807, 2.05) is 42.5 Å². The summed E-state index contributed by atoms with van der Waals surface area (Å²) in [5, 5.41) is 3.16. The standard InChI is InChI=1S/C19H20N2O3S/c1-23-14-7-6-13(16(11-14)24-2)12-21-19(22)18-9-8-17(25-18)15-5-3-4-10-20-15/h3-7,9-11,17H,8,12H2,1-2H3,(H,21,22). The number of hydrogen-bond acceptors (Lipinski definition) is 5. The SMILES string of the molecule is COc1ccc(CNC(=O)C2=CCC(c3ccccn3)S2)c(OC)c1. The molecule has 2 aromatic rings. The summed E-state index contributed by atoms with van der Waals surface area (Å²) in [4.78, 5) is 17.5. The van der Waals surface area contributed by atoms with E-state index in [0.717, 1.165) is 28.3 Å². The highest BCUT2D eigenvalue weighted by Gasteiger charge is 2.24. The van der Waals surface area contributed by atoms with Crippen LogP contribution in [0.15, 0.2) is 53.6 Å². The van der Waals surface area contributed by atoms with E-state index in [2.05, 4.69) is 10.3 Å². The van der Waals surface area contributed by atoms with Crippen molar-refractivity contribution in [2.75, 3.05) is 14.2 Å². The molecule has 1 aliphatic rings. The van der Waals surface area contributed by atoms with Crippen LogP contribution in [-0.2, 0) is 11.3 Å². The van der Waals surface area contributed by atoms with E-state index in [0.29, 0.717) is 12.3 Å². The predicted octanol–water partition coefficient (Wildman–Crippen LogP) is 3.48. The monoisotopic (exact) mass is 356 g/mol. The Hall–Kier alpha value is -2.47. The summed E-state index contributed by atoms with van der Waals surface area (Å²) in [6, 6.07) is 11.4. The molecule has 0 aliphatic carbocycles. The number of carbonyl (C=O) groups is 1. The predicted molar refractivity (Wildman–Crippen MR) is 98.7 cm³/mol. The first-order chi connectivity index (χ1) is 12.2. The Morgan fingerprint density at radius 1 is 1.28 bits per heavy atom. The lowest BCUT2D eigenvalue weighted by Crippen LogP contribution is -2.23. The van der Waals surface area contributed by atoms with E-state index in [1.54, 1.807) is 32.2 Å². The zero-order valence-corrected chi connectivity index (χ0v) is 15.0. The molecule has 25 heavy (non-hydrogen) atoms. The van der Waals surface area contributed by atoms with Crippen LogP contribution in [0.4, 0.5) is 0 Å². The highest BCUT2D eigenvalue weighted by molar-refractivity contribution is 8.04. The summed E-state index contributed by atoms with van der Waals surface area (Å²) in [5.74, 6) is 1.35. The van der Waals surface area contributed by atoms with Gasteiger partial charge in [0, 0.05) is 24.4 Å². The maximum atomic E-state index is 12.4. The largest absolute Gasteiger partial charge is 0.497 e. The maximum Gasteiger partial charge on any atom is 0.257 e. The van der Waals surface area contributed by atoms with Crippen molar-refractivity contribution in [1.29, 1.82) is 0 Å². The van der Waals surface area contributed by atoms with Crippen LogP contribution in [0.5, 0.6) is 11.5 Å². The van der Waals surface area contributed by atoms with Crippen molar-refractivity contribution in [1.82, 2.24) is 10.3 Å². The number of carbonyl (C=O) groups excluding carboxylic acids is 1. The Bertz CT molecular complexity index is 777. The highest BCUT2D eigenvalue weighted by atomic mass is 32.2. The molecule has 1 N–H and O–H groups in total. The fourth-order valence-corrected chi connectivity index (χ4v) is 3.75. The van der Waals surface area contributed by atoms with Gasteiger partial charge in [-0.25, -0.2) is 0 Å². The minimum Gasteiger partial charge on any atom is -0.497 e. The highest BCUT2D eigenvalue weighted by Crippen LogP contribution is 2.42. The summed E-state index contributed by atoms with van der Waals surface area (Å²) in [6.07, 6.45) is 4.57. The number of hydrogen-bond donors (Lipinski definition) is 1. The number of nitrogens with zero attached hydrogens (tertiary/aromatic N) is 1. The van der Waals surface area contributed by atoms with Gasteiger partial charge in [0.2, 0.25) is 0 Å². The minimum atomic E-state index is -0.0682. The molecule has 0 radical (unpaired) electrons. The molecule has 6 heteroatoms. The number of amides is 1. The minimum absolute atomic E-state index is 0.0682. The van der Waals surface area contributed by atoms with Gasteiger partial charge in [-0.2, -0.15) is 0 Å². The van der Waals surface area contributed by atoms with E-state index in [1.165, 1.54) is 0 Å². The van der Waals surface area contributed by atoms with Gasteiger partial charge in [-0.05, 0) is 30.7 Å². The number of thioether (sulfide) groups is 1. The Labute approximate surface area is 151 Å². The lowest BCUT2D eigenvalue weighted by Gasteiger charge is -2.12. The molecule has 0 saturated heterocycles. The van der Waals surface area contributed by atoms with E-state index < -0.39 is 0 Å². The fourth-order valence-electron chi connectivity index (χ4n) is 2.62. The summed E-state index contributed by atoms with van der Waals surface area (Å²) < 4.78 is 10.5. The molecule has 1 aliphatic heterocycles. The zero-order valence-electron chi connectivity index (χ0n) is 14.2. The van der Waals surface area contributed by atoms with Crippen molar-refractivity contribution >= 4 is 17.7 Å². The maximum absolute atomic E-state index is 12.4. The van der Waals surface area contributed by atoms with Crippen molar-refractivity contribution < 1.29 is 14.3 Å². The topological polar surface area (TPSA) is 60.5 Å². The molecule has 0 bridgehead atoms. The summed E-state index contributed by atoms with van der Waals surface area (Å²) >= 11 is 1.56. The van der Waals surface area contributed by atoms with Crippen molar-refractivity contribution in [3.05, 3.63) is 64.8 Å². The molecule has 3 rings (SSSR count). The van der Waals surface area contributed by atoms with Gasteiger partial charge in [0.25, 0.3) is 5.91 Å². The second-order valence-electron chi connectivity index (χ2n) is 5.53. The van der Waals surface area contributed by atoms with E-state index >= 15 is 0 Å². The van der Waals surface area contributed by atoms with Gasteiger partial charge in [0.15, 0.2) is 0 Å². The first kappa shape index (κ1) is 17.4. The molecule has 5 nitrogen and oxygen atoms in total. The number of allylic oxidation sites excluding steroid dienone is 1. The Morgan fingerprint density at radius 2 is 2.16 bits per heavy atom. The van der Waals surface area contributed by atoms with Crippen molar-refractivity contribution in [3.63, 3.8) is 0 Å². The molecule has 0 fully saturated rings. The molecule has 1 aromatic carbocycles. The summed E-state index contributed by atoms with van der Waals surface area (Å²) in [7, 11) is 3.21. The lowest BCUT2D eigenvalue weighted by molar-refractivity contribution is -0.116. The number of methoxy groups -OCH3 is 2. The number of pyridine rings is 1. The fraction of sp³-hybridized carbons (Fsp3) is 0.263. The van der Waals surface area contributed by atoms with E-state index in [9.17, 15) is 4.79 Å². The van der Waals surface area contributed by atoms with Gasteiger partial charge >= 0.3 is 0 Å². The van der Waals surface area contributed by atoms with Crippen LogP contribution in [-0.4, -0.2) is 25.1 Å². The van der Waals surface area contributed by atoms with Gasteiger partial charge in [-0.15, -0.1) is 11.8 Å². The Morgan fingerprint density at radius 3 is 2.88 bits per heavy atom. The number of ether oxygens (including phenoxy) is 2. The molecule has 1 unspecified atom stereocenters. The van der Waals surface area contributed by atoms with Gasteiger partial charge in [-0.1, -0.05) is 12.1 Å². The molecule has 1 amide bonds. The third-order valence-electron chi connectivity index (χ3n) is 3.96. The molecule has 1 aromatic heterocycles. The van der Waals surface area contributed by atoms with E-state index in [4.69, 9.17) is 9.47 Å². The summed E-state index contributed by atoms with van der Waals surface area (Å²) in [5.41, 5.74) is 1.91. The Kier molecular flexibility index (Phi) is 5.60. The van der Waals surface area contributed by atoms with Crippen molar-refractivity contribution in [2.24, 2.45) is 0 Å². The van der Waals surface area contributed by atoms with Gasteiger partial charge in [0.05, 0.1) is 30.1 Å². The molecule has 0 spiro atoms. The van der Waals surface area contributed by atoms with Crippen LogP contribution in [0.25, 0.3) is 0 Å². The molecule has 0 saturated carbocycles.